The predicted octanol–water partition coefficient (Wildman–Crippen LogP) is 4.08. The first-order valence-corrected chi connectivity index (χ1v) is 9.91. The number of hydrogen-bond donors (Lipinski definition) is 2. The minimum Gasteiger partial charge on any atom is -0.496 e. The van der Waals surface area contributed by atoms with Crippen molar-refractivity contribution in [3.05, 3.63) is 35.9 Å². The summed E-state index contributed by atoms with van der Waals surface area (Å²) < 4.78 is 28.1. The molecule has 1 heterocycles. The Morgan fingerprint density at radius 2 is 1.60 bits per heavy atom. The van der Waals surface area contributed by atoms with E-state index in [4.69, 9.17) is 23.7 Å². The second kappa shape index (κ2) is 8.22. The smallest absolute Gasteiger partial charge is 0.319 e. The summed E-state index contributed by atoms with van der Waals surface area (Å²) in [5.41, 5.74) is 1.39. The number of rotatable bonds is 6. The molecular weight excluding hydrogens is 388 g/mol. The van der Waals surface area contributed by atoms with Gasteiger partial charge in [-0.1, -0.05) is 0 Å². The number of fused-ring (bicyclic) bond motifs is 1. The molecule has 2 aromatic rings. The zero-order valence-electron chi connectivity index (χ0n) is 17.4. The van der Waals surface area contributed by atoms with Crippen molar-refractivity contribution in [2.45, 2.75) is 38.0 Å². The fraction of sp³-hybridized carbons (Fsp3) is 0.409. The van der Waals surface area contributed by atoms with Crippen LogP contribution in [0.4, 0.5) is 10.5 Å². The number of benzene rings is 2. The second-order valence-corrected chi connectivity index (χ2v) is 7.31. The number of amides is 2. The van der Waals surface area contributed by atoms with E-state index in [1.54, 1.807) is 45.6 Å². The van der Waals surface area contributed by atoms with Gasteiger partial charge in [0.1, 0.15) is 5.75 Å². The summed E-state index contributed by atoms with van der Waals surface area (Å²) in [5, 5.41) is 5.66. The van der Waals surface area contributed by atoms with E-state index in [-0.39, 0.29) is 12.6 Å². The van der Waals surface area contributed by atoms with E-state index in [0.717, 1.165) is 37.0 Å². The van der Waals surface area contributed by atoms with Gasteiger partial charge in [0, 0.05) is 42.8 Å². The Morgan fingerprint density at radius 3 is 2.30 bits per heavy atom. The Labute approximate surface area is 175 Å². The number of urea groups is 1. The van der Waals surface area contributed by atoms with Gasteiger partial charge in [0.15, 0.2) is 23.0 Å². The van der Waals surface area contributed by atoms with Gasteiger partial charge in [0.25, 0.3) is 5.79 Å². The summed E-state index contributed by atoms with van der Waals surface area (Å²) in [6, 6.07) is 8.58. The van der Waals surface area contributed by atoms with E-state index < -0.39 is 5.79 Å². The van der Waals surface area contributed by atoms with Crippen LogP contribution in [0.25, 0.3) is 0 Å². The lowest BCUT2D eigenvalue weighted by Crippen LogP contribution is -2.34. The molecule has 2 aliphatic rings. The number of hydrogen-bond acceptors (Lipinski definition) is 6. The molecule has 1 aliphatic heterocycles. The number of carbonyl (C=O) groups is 1. The SMILES string of the molecule is COc1cc(OC)c(OC)cc1CNC(=O)Nc1ccc2c(c1)OC1(CCCC1)O2. The van der Waals surface area contributed by atoms with Crippen molar-refractivity contribution in [3.8, 4) is 28.7 Å². The zero-order valence-corrected chi connectivity index (χ0v) is 17.4. The number of ether oxygens (including phenoxy) is 5. The Kier molecular flexibility index (Phi) is 5.48. The molecule has 160 valence electrons. The maximum absolute atomic E-state index is 12.4. The number of anilines is 1. The summed E-state index contributed by atoms with van der Waals surface area (Å²) in [5.74, 6) is 2.58. The average molecular weight is 414 g/mol. The number of carbonyl (C=O) groups excluding carboxylic acids is 1. The van der Waals surface area contributed by atoms with Gasteiger partial charge in [-0.3, -0.25) is 0 Å². The van der Waals surface area contributed by atoms with Crippen LogP contribution in [-0.4, -0.2) is 33.1 Å². The quantitative estimate of drug-likeness (QED) is 0.741. The lowest BCUT2D eigenvalue weighted by molar-refractivity contribution is -0.0716. The molecule has 0 bridgehead atoms. The van der Waals surface area contributed by atoms with Crippen molar-refractivity contribution in [3.63, 3.8) is 0 Å². The van der Waals surface area contributed by atoms with Gasteiger partial charge >= 0.3 is 6.03 Å². The molecule has 0 atom stereocenters. The fourth-order valence-corrected chi connectivity index (χ4v) is 3.87. The third-order valence-electron chi connectivity index (χ3n) is 5.38. The molecule has 1 spiro atoms. The molecule has 1 saturated carbocycles. The van der Waals surface area contributed by atoms with Crippen LogP contribution in [0.2, 0.25) is 0 Å². The maximum atomic E-state index is 12.4. The van der Waals surface area contributed by atoms with Crippen LogP contribution >= 0.6 is 0 Å². The number of nitrogens with one attached hydrogen (secondary N) is 2. The molecule has 8 nitrogen and oxygen atoms in total. The lowest BCUT2D eigenvalue weighted by atomic mass is 10.1. The van der Waals surface area contributed by atoms with Gasteiger partial charge in [-0.25, -0.2) is 4.79 Å². The van der Waals surface area contributed by atoms with Crippen LogP contribution in [0, 0.1) is 0 Å². The lowest BCUT2D eigenvalue weighted by Gasteiger charge is -2.21. The van der Waals surface area contributed by atoms with E-state index in [1.807, 2.05) is 6.07 Å². The summed E-state index contributed by atoms with van der Waals surface area (Å²) in [6.45, 7) is 0.253. The highest BCUT2D eigenvalue weighted by molar-refractivity contribution is 5.89. The Morgan fingerprint density at radius 1 is 0.933 bits per heavy atom. The molecule has 30 heavy (non-hydrogen) atoms. The molecule has 8 heteroatoms. The van der Waals surface area contributed by atoms with Gasteiger partial charge in [0.2, 0.25) is 0 Å². The van der Waals surface area contributed by atoms with Crippen molar-refractivity contribution in [1.82, 2.24) is 5.32 Å². The zero-order chi connectivity index (χ0) is 21.1. The molecular formula is C22H26N2O6. The minimum absolute atomic E-state index is 0.253. The molecule has 4 rings (SSSR count). The number of methoxy groups -OCH3 is 3. The first kappa shape index (κ1) is 20.0. The van der Waals surface area contributed by atoms with E-state index in [1.165, 1.54) is 0 Å². The van der Waals surface area contributed by atoms with E-state index >= 15 is 0 Å². The van der Waals surface area contributed by atoms with Crippen molar-refractivity contribution in [2.24, 2.45) is 0 Å². The first-order chi connectivity index (χ1) is 14.6. The average Bonchev–Trinajstić information content (AvgIpc) is 3.36. The van der Waals surface area contributed by atoms with Crippen LogP contribution in [0.15, 0.2) is 30.3 Å². The molecule has 0 unspecified atom stereocenters. The van der Waals surface area contributed by atoms with Crippen LogP contribution in [0.1, 0.15) is 31.2 Å². The van der Waals surface area contributed by atoms with Gasteiger partial charge < -0.3 is 34.3 Å². The highest BCUT2D eigenvalue weighted by Crippen LogP contribution is 2.47. The highest BCUT2D eigenvalue weighted by atomic mass is 16.7. The Balaban J connectivity index is 1.39. The van der Waals surface area contributed by atoms with Crippen molar-refractivity contribution in [2.75, 3.05) is 26.6 Å². The van der Waals surface area contributed by atoms with Crippen LogP contribution in [0.5, 0.6) is 28.7 Å². The Hall–Kier alpha value is -3.29. The molecule has 0 aromatic heterocycles. The fourth-order valence-electron chi connectivity index (χ4n) is 3.87. The minimum atomic E-state index is -0.521. The molecule has 2 amide bonds. The topological polar surface area (TPSA) is 87.3 Å². The summed E-state index contributed by atoms with van der Waals surface area (Å²) in [4.78, 5) is 12.4. The Bertz CT molecular complexity index is 939. The van der Waals surface area contributed by atoms with Crippen LogP contribution < -0.4 is 34.3 Å². The predicted molar refractivity (Wildman–Crippen MR) is 111 cm³/mol. The highest BCUT2D eigenvalue weighted by Gasteiger charge is 2.44. The van der Waals surface area contributed by atoms with Gasteiger partial charge in [-0.15, -0.1) is 0 Å². The normalized spacial score (nSPS) is 15.7. The van der Waals surface area contributed by atoms with E-state index in [9.17, 15) is 4.79 Å². The van der Waals surface area contributed by atoms with Crippen molar-refractivity contribution in [1.29, 1.82) is 0 Å². The molecule has 2 aromatic carbocycles. The van der Waals surface area contributed by atoms with E-state index in [0.29, 0.717) is 28.7 Å². The first-order valence-electron chi connectivity index (χ1n) is 9.91. The molecule has 0 saturated heterocycles. The van der Waals surface area contributed by atoms with Crippen molar-refractivity contribution >= 4 is 11.7 Å². The van der Waals surface area contributed by atoms with Gasteiger partial charge in [-0.05, 0) is 31.0 Å². The third kappa shape index (κ3) is 3.90. The van der Waals surface area contributed by atoms with Gasteiger partial charge in [0.05, 0.1) is 21.3 Å². The summed E-state index contributed by atoms with van der Waals surface area (Å²) >= 11 is 0. The standard InChI is InChI=1S/C22H26N2O6/c1-26-17-12-19(28-3)18(27-2)10-14(17)13-23-21(25)24-15-6-7-16-20(11-15)30-22(29-16)8-4-5-9-22/h6-7,10-12H,4-5,8-9,13H2,1-3H3,(H2,23,24,25). The second-order valence-electron chi connectivity index (χ2n) is 7.31. The van der Waals surface area contributed by atoms with Crippen molar-refractivity contribution < 1.29 is 28.5 Å². The van der Waals surface area contributed by atoms with Crippen LogP contribution in [-0.2, 0) is 6.54 Å². The molecule has 2 N–H and O–H groups in total. The molecule has 0 radical (unpaired) electrons. The largest absolute Gasteiger partial charge is 0.496 e. The van der Waals surface area contributed by atoms with Gasteiger partial charge in [-0.2, -0.15) is 0 Å². The molecule has 1 fully saturated rings. The summed E-state index contributed by atoms with van der Waals surface area (Å²) in [7, 11) is 4.68. The van der Waals surface area contributed by atoms with Crippen LogP contribution in [0.3, 0.4) is 0 Å². The molecule has 1 aliphatic carbocycles. The monoisotopic (exact) mass is 414 g/mol. The third-order valence-corrected chi connectivity index (χ3v) is 5.38. The maximum Gasteiger partial charge on any atom is 0.319 e. The summed E-state index contributed by atoms with van der Waals surface area (Å²) in [6.07, 6.45) is 3.97. The van der Waals surface area contributed by atoms with E-state index in [2.05, 4.69) is 10.6 Å².